The van der Waals surface area contributed by atoms with Gasteiger partial charge in [0.05, 0.1) is 22.1 Å². The lowest BCUT2D eigenvalue weighted by molar-refractivity contribution is -0.138. The van der Waals surface area contributed by atoms with Gasteiger partial charge in [0, 0.05) is 18.4 Å². The number of nitrogens with zero attached hydrogens (tertiary/aromatic N) is 1. The van der Waals surface area contributed by atoms with Crippen LogP contribution in [0.3, 0.4) is 0 Å². The Balaban J connectivity index is 1.65. The van der Waals surface area contributed by atoms with Crippen LogP contribution in [0, 0.1) is 0 Å². The molecule has 1 aliphatic heterocycles. The molecule has 32 heavy (non-hydrogen) atoms. The molecule has 1 fully saturated rings. The summed E-state index contributed by atoms with van der Waals surface area (Å²) in [6.45, 7) is -0.812. The number of hydrogen-bond acceptors (Lipinski definition) is 6. The van der Waals surface area contributed by atoms with Gasteiger partial charge in [-0.15, -0.1) is 11.8 Å². The van der Waals surface area contributed by atoms with Crippen LogP contribution in [0.25, 0.3) is 0 Å². The molecule has 3 rings (SSSR count). The third-order valence-corrected chi connectivity index (χ3v) is 5.82. The molecule has 0 bridgehead atoms. The van der Waals surface area contributed by atoms with E-state index in [-0.39, 0.29) is 23.8 Å². The van der Waals surface area contributed by atoms with E-state index in [9.17, 15) is 32.3 Å². The van der Waals surface area contributed by atoms with Crippen molar-refractivity contribution in [2.45, 2.75) is 22.7 Å². The van der Waals surface area contributed by atoms with Crippen molar-refractivity contribution in [3.8, 4) is 0 Å². The number of anilines is 1. The highest BCUT2D eigenvalue weighted by molar-refractivity contribution is 8.00. The number of carbonyl (C=O) groups is 4. The van der Waals surface area contributed by atoms with E-state index in [2.05, 4.69) is 5.32 Å². The van der Waals surface area contributed by atoms with E-state index in [0.717, 1.165) is 28.8 Å². The SMILES string of the molecule is CN1C(=O)CC(Sc2ccccc2C(=O)OCC(=O)Nc2ccccc2C(F)(F)F)C1=O. The quantitative estimate of drug-likeness (QED) is 0.519. The number of rotatable bonds is 6. The Kier molecular flexibility index (Phi) is 6.87. The van der Waals surface area contributed by atoms with Crippen molar-refractivity contribution < 1.29 is 37.1 Å². The summed E-state index contributed by atoms with van der Waals surface area (Å²) < 4.78 is 44.1. The maximum absolute atomic E-state index is 13.0. The lowest BCUT2D eigenvalue weighted by Gasteiger charge is -2.14. The average Bonchev–Trinajstić information content (AvgIpc) is 2.98. The molecule has 168 valence electrons. The predicted octanol–water partition coefficient (Wildman–Crippen LogP) is 3.35. The number of alkyl halides is 3. The molecule has 7 nitrogen and oxygen atoms in total. The molecule has 0 spiro atoms. The van der Waals surface area contributed by atoms with Crippen LogP contribution >= 0.6 is 11.8 Å². The second-order valence-corrected chi connectivity index (χ2v) is 8.01. The second-order valence-electron chi connectivity index (χ2n) is 6.77. The number of nitrogens with one attached hydrogen (secondary N) is 1. The van der Waals surface area contributed by atoms with Crippen LogP contribution in [-0.2, 0) is 25.3 Å². The van der Waals surface area contributed by atoms with Gasteiger partial charge in [0.25, 0.3) is 5.91 Å². The van der Waals surface area contributed by atoms with Gasteiger partial charge in [-0.1, -0.05) is 24.3 Å². The normalized spacial score (nSPS) is 16.2. The first-order valence-corrected chi connectivity index (χ1v) is 10.1. The van der Waals surface area contributed by atoms with Gasteiger partial charge in [0.2, 0.25) is 11.8 Å². The number of imide groups is 1. The predicted molar refractivity (Wildman–Crippen MR) is 109 cm³/mol. The largest absolute Gasteiger partial charge is 0.452 e. The van der Waals surface area contributed by atoms with Crippen LogP contribution < -0.4 is 5.32 Å². The first kappa shape index (κ1) is 23.3. The lowest BCUT2D eigenvalue weighted by atomic mass is 10.1. The smallest absolute Gasteiger partial charge is 0.418 e. The van der Waals surface area contributed by atoms with Crippen LogP contribution in [0.1, 0.15) is 22.3 Å². The van der Waals surface area contributed by atoms with E-state index in [1.54, 1.807) is 18.2 Å². The molecule has 3 amide bonds. The van der Waals surface area contributed by atoms with Crippen LogP contribution in [0.5, 0.6) is 0 Å². The number of amides is 3. The summed E-state index contributed by atoms with van der Waals surface area (Å²) >= 11 is 1.02. The highest BCUT2D eigenvalue weighted by atomic mass is 32.2. The molecule has 1 N–H and O–H groups in total. The number of esters is 1. The van der Waals surface area contributed by atoms with E-state index < -0.39 is 41.2 Å². The number of benzene rings is 2. The van der Waals surface area contributed by atoms with Crippen LogP contribution in [-0.4, -0.2) is 47.5 Å². The minimum absolute atomic E-state index is 0.00952. The van der Waals surface area contributed by atoms with Gasteiger partial charge in [-0.2, -0.15) is 13.2 Å². The van der Waals surface area contributed by atoms with Gasteiger partial charge in [0.1, 0.15) is 0 Å². The fraction of sp³-hybridized carbons (Fsp3) is 0.238. The molecule has 0 radical (unpaired) electrons. The summed E-state index contributed by atoms with van der Waals surface area (Å²) in [5.41, 5.74) is -1.41. The molecule has 2 aromatic carbocycles. The molecule has 1 unspecified atom stereocenters. The third kappa shape index (κ3) is 5.28. The maximum Gasteiger partial charge on any atom is 0.418 e. The van der Waals surface area contributed by atoms with Crippen molar-refractivity contribution in [1.82, 2.24) is 4.90 Å². The Morgan fingerprint density at radius 1 is 1.12 bits per heavy atom. The summed E-state index contributed by atoms with van der Waals surface area (Å²) in [4.78, 5) is 49.8. The Hall–Kier alpha value is -3.34. The number of ether oxygens (including phenoxy) is 1. The van der Waals surface area contributed by atoms with Crippen molar-refractivity contribution in [2.24, 2.45) is 0 Å². The highest BCUT2D eigenvalue weighted by Crippen LogP contribution is 2.35. The van der Waals surface area contributed by atoms with E-state index in [0.29, 0.717) is 4.90 Å². The maximum atomic E-state index is 13.0. The van der Waals surface area contributed by atoms with E-state index >= 15 is 0 Å². The molecular formula is C21H17F3N2O5S. The Morgan fingerprint density at radius 2 is 1.78 bits per heavy atom. The number of para-hydroxylation sites is 1. The van der Waals surface area contributed by atoms with Gasteiger partial charge in [-0.05, 0) is 24.3 Å². The van der Waals surface area contributed by atoms with Crippen molar-refractivity contribution in [3.05, 3.63) is 59.7 Å². The molecule has 2 aromatic rings. The number of hydrogen-bond donors (Lipinski definition) is 1. The standard InChI is InChI=1S/C21H17F3N2O5S/c1-26-18(28)10-16(19(26)29)32-15-9-5-2-6-12(15)20(30)31-11-17(27)25-14-8-4-3-7-13(14)21(22,23)24/h2-9,16H,10-11H2,1H3,(H,25,27). The zero-order chi connectivity index (χ0) is 23.5. The van der Waals surface area contributed by atoms with Crippen molar-refractivity contribution >= 4 is 41.1 Å². The fourth-order valence-corrected chi connectivity index (χ4v) is 4.17. The monoisotopic (exact) mass is 466 g/mol. The highest BCUT2D eigenvalue weighted by Gasteiger charge is 2.37. The van der Waals surface area contributed by atoms with Gasteiger partial charge in [0.15, 0.2) is 6.61 Å². The molecule has 1 heterocycles. The molecule has 1 saturated heterocycles. The van der Waals surface area contributed by atoms with Gasteiger partial charge >= 0.3 is 12.1 Å². The topological polar surface area (TPSA) is 92.8 Å². The third-order valence-electron chi connectivity index (χ3n) is 4.56. The molecular weight excluding hydrogens is 449 g/mol. The molecule has 0 aromatic heterocycles. The van der Waals surface area contributed by atoms with E-state index in [4.69, 9.17) is 4.74 Å². The minimum Gasteiger partial charge on any atom is -0.452 e. The molecule has 11 heteroatoms. The van der Waals surface area contributed by atoms with E-state index in [1.165, 1.54) is 25.2 Å². The summed E-state index contributed by atoms with van der Waals surface area (Å²) in [5, 5.41) is 1.39. The zero-order valence-electron chi connectivity index (χ0n) is 16.6. The molecule has 0 aliphatic carbocycles. The van der Waals surface area contributed by atoms with Crippen molar-refractivity contribution in [1.29, 1.82) is 0 Å². The summed E-state index contributed by atoms with van der Waals surface area (Å²) in [6.07, 6.45) is -4.67. The average molecular weight is 466 g/mol. The number of thioether (sulfide) groups is 1. The van der Waals surface area contributed by atoms with Gasteiger partial charge in [-0.25, -0.2) is 4.79 Å². The van der Waals surface area contributed by atoms with Crippen LogP contribution in [0.2, 0.25) is 0 Å². The van der Waals surface area contributed by atoms with Crippen LogP contribution in [0.4, 0.5) is 18.9 Å². The Morgan fingerprint density at radius 3 is 2.44 bits per heavy atom. The molecule has 1 atom stereocenters. The lowest BCUT2D eigenvalue weighted by Crippen LogP contribution is -2.26. The second kappa shape index (κ2) is 9.43. The van der Waals surface area contributed by atoms with Crippen molar-refractivity contribution in [2.75, 3.05) is 19.0 Å². The summed E-state index contributed by atoms with van der Waals surface area (Å²) in [6, 6.07) is 10.6. The first-order chi connectivity index (χ1) is 15.1. The number of halogens is 3. The Labute approximate surface area is 184 Å². The minimum atomic E-state index is -4.66. The Bertz CT molecular complexity index is 1070. The fourth-order valence-electron chi connectivity index (χ4n) is 2.94. The first-order valence-electron chi connectivity index (χ1n) is 9.27. The van der Waals surface area contributed by atoms with E-state index in [1.807, 2.05) is 0 Å². The number of carbonyl (C=O) groups excluding carboxylic acids is 4. The zero-order valence-corrected chi connectivity index (χ0v) is 17.5. The van der Waals surface area contributed by atoms with Gasteiger partial charge in [-0.3, -0.25) is 19.3 Å². The van der Waals surface area contributed by atoms with Crippen LogP contribution in [0.15, 0.2) is 53.4 Å². The molecule has 1 aliphatic rings. The van der Waals surface area contributed by atoms with Gasteiger partial charge < -0.3 is 10.1 Å². The summed E-state index contributed by atoms with van der Waals surface area (Å²) in [5.74, 6) is -2.55. The van der Waals surface area contributed by atoms with Crippen molar-refractivity contribution in [3.63, 3.8) is 0 Å². The summed E-state index contributed by atoms with van der Waals surface area (Å²) in [7, 11) is 1.38. The molecule has 0 saturated carbocycles. The number of likely N-dealkylation sites (tertiary alicyclic amines) is 1.